The number of para-hydroxylation sites is 1. The molecule has 0 saturated carbocycles. The van der Waals surface area contributed by atoms with Gasteiger partial charge in [0.15, 0.2) is 5.75 Å². The van der Waals surface area contributed by atoms with Gasteiger partial charge in [-0.1, -0.05) is 6.07 Å². The molecule has 3 N–H and O–H groups in total. The van der Waals surface area contributed by atoms with Gasteiger partial charge in [-0.15, -0.1) is 0 Å². The molecule has 2 rings (SSSR count). The Hall–Kier alpha value is -2.12. The number of fused-ring (bicyclic) bond motifs is 1. The Kier molecular flexibility index (Phi) is 4.21. The molecular weight excluding hydrogens is 264 g/mol. The van der Waals surface area contributed by atoms with Gasteiger partial charge in [-0.2, -0.15) is 0 Å². The zero-order chi connectivity index (χ0) is 14.7. The maximum absolute atomic E-state index is 12.3. The predicted octanol–water partition coefficient (Wildman–Crippen LogP) is 0.0839. The van der Waals surface area contributed by atoms with Gasteiger partial charge in [-0.05, 0) is 12.1 Å². The van der Waals surface area contributed by atoms with Gasteiger partial charge in [-0.3, -0.25) is 4.79 Å². The Balaban J connectivity index is 2.40. The van der Waals surface area contributed by atoms with Gasteiger partial charge in [0.25, 0.3) is 5.91 Å². The number of nitrogens with two attached hydrogens (primary N) is 1. The summed E-state index contributed by atoms with van der Waals surface area (Å²) in [5.74, 6) is -1.20. The first-order valence-electron chi connectivity index (χ1n) is 6.13. The number of carbonyl (C=O) groups is 2. The lowest BCUT2D eigenvalue weighted by molar-refractivity contribution is -0.128. The Bertz CT molecular complexity index is 527. The van der Waals surface area contributed by atoms with Crippen molar-refractivity contribution >= 4 is 17.6 Å². The standard InChI is InChI=1S/C13H16N2O5/c1-19-10(7-14)12(16)15-5-6-20-11-8(13(17)18)3-2-4-9(11)15/h2-4,10H,5-7,14H2,1H3,(H,17,18). The normalized spacial score (nSPS) is 15.2. The molecule has 1 aromatic rings. The minimum Gasteiger partial charge on any atom is -0.489 e. The lowest BCUT2D eigenvalue weighted by Gasteiger charge is -2.32. The number of carbonyl (C=O) groups excluding carboxylic acids is 1. The summed E-state index contributed by atoms with van der Waals surface area (Å²) in [4.78, 5) is 24.9. The molecule has 0 radical (unpaired) electrons. The third-order valence-corrected chi connectivity index (χ3v) is 3.12. The zero-order valence-corrected chi connectivity index (χ0v) is 11.0. The Morgan fingerprint density at radius 3 is 2.90 bits per heavy atom. The van der Waals surface area contributed by atoms with Crippen molar-refractivity contribution in [3.8, 4) is 5.75 Å². The summed E-state index contributed by atoms with van der Waals surface area (Å²) in [6.45, 7) is 0.611. The Labute approximate surface area is 115 Å². The number of hydrogen-bond acceptors (Lipinski definition) is 5. The fraction of sp³-hybridized carbons (Fsp3) is 0.385. The lowest BCUT2D eigenvalue weighted by atomic mass is 10.1. The van der Waals surface area contributed by atoms with Gasteiger partial charge in [-0.25, -0.2) is 4.79 Å². The summed E-state index contributed by atoms with van der Waals surface area (Å²) < 4.78 is 10.4. The van der Waals surface area contributed by atoms with Crippen molar-refractivity contribution in [1.82, 2.24) is 0 Å². The van der Waals surface area contributed by atoms with Gasteiger partial charge in [0.1, 0.15) is 18.3 Å². The molecule has 1 amide bonds. The minimum atomic E-state index is -1.10. The molecule has 1 aliphatic heterocycles. The van der Waals surface area contributed by atoms with E-state index < -0.39 is 12.1 Å². The van der Waals surface area contributed by atoms with E-state index in [1.165, 1.54) is 18.1 Å². The third-order valence-electron chi connectivity index (χ3n) is 3.12. The number of ether oxygens (including phenoxy) is 2. The number of nitrogens with zero attached hydrogens (tertiary/aromatic N) is 1. The van der Waals surface area contributed by atoms with Crippen LogP contribution in [0.4, 0.5) is 5.69 Å². The molecule has 0 bridgehead atoms. The summed E-state index contributed by atoms with van der Waals surface area (Å²) >= 11 is 0. The molecule has 1 aliphatic rings. The molecule has 1 heterocycles. The second kappa shape index (κ2) is 5.89. The Morgan fingerprint density at radius 1 is 1.55 bits per heavy atom. The molecule has 1 aromatic carbocycles. The number of hydrogen-bond donors (Lipinski definition) is 2. The number of anilines is 1. The van der Waals surface area contributed by atoms with Gasteiger partial charge in [0.05, 0.1) is 12.2 Å². The van der Waals surface area contributed by atoms with Gasteiger partial charge in [0.2, 0.25) is 0 Å². The van der Waals surface area contributed by atoms with Crippen LogP contribution in [0.25, 0.3) is 0 Å². The molecule has 0 aliphatic carbocycles. The molecule has 1 atom stereocenters. The minimum absolute atomic E-state index is 0.0294. The van der Waals surface area contributed by atoms with Crippen molar-refractivity contribution in [3.63, 3.8) is 0 Å². The van der Waals surface area contributed by atoms with Gasteiger partial charge >= 0.3 is 5.97 Å². The van der Waals surface area contributed by atoms with Crippen LogP contribution in [0, 0.1) is 0 Å². The second-order valence-electron chi connectivity index (χ2n) is 4.26. The zero-order valence-electron chi connectivity index (χ0n) is 11.0. The van der Waals surface area contributed by atoms with Crippen molar-refractivity contribution in [2.24, 2.45) is 5.73 Å². The highest BCUT2D eigenvalue weighted by Gasteiger charge is 2.31. The highest BCUT2D eigenvalue weighted by molar-refractivity contribution is 6.01. The number of methoxy groups -OCH3 is 1. The molecule has 7 heteroatoms. The number of amides is 1. The van der Waals surface area contributed by atoms with Crippen LogP contribution in [-0.4, -0.2) is 49.9 Å². The molecule has 0 spiro atoms. The monoisotopic (exact) mass is 280 g/mol. The van der Waals surface area contributed by atoms with Crippen LogP contribution >= 0.6 is 0 Å². The highest BCUT2D eigenvalue weighted by Crippen LogP contribution is 2.35. The van der Waals surface area contributed by atoms with Crippen LogP contribution in [0.1, 0.15) is 10.4 Å². The number of benzene rings is 1. The van der Waals surface area contributed by atoms with E-state index in [1.54, 1.807) is 12.1 Å². The maximum atomic E-state index is 12.3. The van der Waals surface area contributed by atoms with Crippen LogP contribution in [-0.2, 0) is 9.53 Å². The second-order valence-corrected chi connectivity index (χ2v) is 4.26. The average molecular weight is 280 g/mol. The number of rotatable bonds is 4. The molecule has 1 unspecified atom stereocenters. The van der Waals surface area contributed by atoms with Crippen LogP contribution in [0.3, 0.4) is 0 Å². The van der Waals surface area contributed by atoms with Crippen molar-refractivity contribution < 1.29 is 24.2 Å². The van der Waals surface area contributed by atoms with E-state index in [1.807, 2.05) is 0 Å². The van der Waals surface area contributed by atoms with Crippen molar-refractivity contribution in [3.05, 3.63) is 23.8 Å². The first kappa shape index (κ1) is 14.3. The quantitative estimate of drug-likeness (QED) is 0.810. The largest absolute Gasteiger partial charge is 0.489 e. The van der Waals surface area contributed by atoms with E-state index in [0.29, 0.717) is 12.2 Å². The molecular formula is C13H16N2O5. The van der Waals surface area contributed by atoms with Crippen LogP contribution < -0.4 is 15.4 Å². The number of aromatic carboxylic acids is 1. The van der Waals surface area contributed by atoms with E-state index in [9.17, 15) is 9.59 Å². The van der Waals surface area contributed by atoms with Crippen LogP contribution in [0.2, 0.25) is 0 Å². The predicted molar refractivity (Wildman–Crippen MR) is 71.1 cm³/mol. The van der Waals surface area contributed by atoms with Crippen LogP contribution in [0.15, 0.2) is 18.2 Å². The fourth-order valence-corrected chi connectivity index (χ4v) is 2.12. The summed E-state index contributed by atoms with van der Waals surface area (Å²) in [5, 5.41) is 9.14. The van der Waals surface area contributed by atoms with Gasteiger partial charge < -0.3 is 25.2 Å². The Morgan fingerprint density at radius 2 is 2.30 bits per heavy atom. The highest BCUT2D eigenvalue weighted by atomic mass is 16.5. The maximum Gasteiger partial charge on any atom is 0.339 e. The first-order chi connectivity index (χ1) is 9.60. The topological polar surface area (TPSA) is 102 Å². The van der Waals surface area contributed by atoms with E-state index in [2.05, 4.69) is 0 Å². The van der Waals surface area contributed by atoms with E-state index >= 15 is 0 Å². The molecule has 0 saturated heterocycles. The van der Waals surface area contributed by atoms with Crippen molar-refractivity contribution in [2.75, 3.05) is 31.7 Å². The first-order valence-corrected chi connectivity index (χ1v) is 6.13. The van der Waals surface area contributed by atoms with E-state index in [-0.39, 0.29) is 30.4 Å². The fourth-order valence-electron chi connectivity index (χ4n) is 2.12. The number of carboxylic acid groups (broad SMARTS) is 1. The summed E-state index contributed by atoms with van der Waals surface area (Å²) in [7, 11) is 1.41. The molecule has 0 aromatic heterocycles. The summed E-state index contributed by atoms with van der Waals surface area (Å²) in [5.41, 5.74) is 5.95. The molecule has 108 valence electrons. The molecule has 0 fully saturated rings. The number of carboxylic acids is 1. The van der Waals surface area contributed by atoms with Crippen molar-refractivity contribution in [1.29, 1.82) is 0 Å². The van der Waals surface area contributed by atoms with E-state index in [0.717, 1.165) is 0 Å². The smallest absolute Gasteiger partial charge is 0.339 e. The van der Waals surface area contributed by atoms with Crippen molar-refractivity contribution in [2.45, 2.75) is 6.10 Å². The average Bonchev–Trinajstić information content (AvgIpc) is 2.46. The molecule has 7 nitrogen and oxygen atoms in total. The summed E-state index contributed by atoms with van der Waals surface area (Å²) in [6.07, 6.45) is -0.755. The van der Waals surface area contributed by atoms with Crippen LogP contribution in [0.5, 0.6) is 5.75 Å². The van der Waals surface area contributed by atoms with E-state index in [4.69, 9.17) is 20.3 Å². The van der Waals surface area contributed by atoms with Gasteiger partial charge in [0, 0.05) is 13.7 Å². The lowest BCUT2D eigenvalue weighted by Crippen LogP contribution is -2.47. The summed E-state index contributed by atoms with van der Waals surface area (Å²) in [6, 6.07) is 4.65. The SMILES string of the molecule is COC(CN)C(=O)N1CCOc2c(C(=O)O)cccc21. The third kappa shape index (κ3) is 2.45. The molecule has 20 heavy (non-hydrogen) atoms.